The molecule has 0 spiro atoms. The van der Waals surface area contributed by atoms with Crippen LogP contribution in [0, 0.1) is 5.92 Å². The molecule has 1 saturated heterocycles. The van der Waals surface area contributed by atoms with Crippen molar-refractivity contribution < 1.29 is 40.8 Å². The van der Waals surface area contributed by atoms with Gasteiger partial charge >= 0.3 is 12.4 Å². The topological polar surface area (TPSA) is 112 Å². The number of hydrazone groups is 1. The molecule has 4 rings (SSSR count). The molecule has 2 atom stereocenters. The van der Waals surface area contributed by atoms with Gasteiger partial charge in [-0.1, -0.05) is 28.4 Å². The number of carbonyl (C=O) groups is 2. The highest BCUT2D eigenvalue weighted by Gasteiger charge is 2.58. The van der Waals surface area contributed by atoms with E-state index in [0.29, 0.717) is 29.5 Å². The van der Waals surface area contributed by atoms with Crippen molar-refractivity contribution in [3.8, 4) is 0 Å². The van der Waals surface area contributed by atoms with Crippen molar-refractivity contribution >= 4 is 58.1 Å². The van der Waals surface area contributed by atoms with E-state index in [1.165, 1.54) is 14.0 Å². The fourth-order valence-electron chi connectivity index (χ4n) is 3.54. The first-order valence-electron chi connectivity index (χ1n) is 10.2. The van der Waals surface area contributed by atoms with Crippen molar-refractivity contribution in [1.82, 2.24) is 15.0 Å². The molecule has 0 bridgehead atoms. The van der Waals surface area contributed by atoms with Crippen LogP contribution in [0.25, 0.3) is 0 Å². The minimum atomic E-state index is -4.71. The second kappa shape index (κ2) is 9.58. The summed E-state index contributed by atoms with van der Waals surface area (Å²) < 4.78 is 77.2. The van der Waals surface area contributed by atoms with E-state index < -0.39 is 52.3 Å². The number of pyridine rings is 2. The Morgan fingerprint density at radius 2 is 1.61 bits per heavy atom. The molecule has 1 fully saturated rings. The number of aromatic nitrogens is 2. The van der Waals surface area contributed by atoms with Gasteiger partial charge in [0, 0.05) is 19.4 Å². The molecule has 38 heavy (non-hydrogen) atoms. The van der Waals surface area contributed by atoms with E-state index in [2.05, 4.69) is 25.7 Å². The van der Waals surface area contributed by atoms with Crippen molar-refractivity contribution in [2.75, 3.05) is 17.5 Å². The van der Waals surface area contributed by atoms with Crippen molar-refractivity contribution in [2.45, 2.75) is 25.4 Å². The molecular formula is C20H13Cl2F6N7O3. The number of halogens is 8. The van der Waals surface area contributed by atoms with Crippen molar-refractivity contribution in [3.05, 3.63) is 45.7 Å². The van der Waals surface area contributed by atoms with Crippen molar-refractivity contribution in [3.63, 3.8) is 0 Å². The summed E-state index contributed by atoms with van der Waals surface area (Å²) in [5.74, 6) is -3.59. The molecule has 202 valence electrons. The number of rotatable bonds is 5. The van der Waals surface area contributed by atoms with Gasteiger partial charge in [0.05, 0.1) is 26.9 Å². The molecule has 2 aliphatic heterocycles. The summed E-state index contributed by atoms with van der Waals surface area (Å²) in [6.45, 7) is 1.37. The van der Waals surface area contributed by atoms with E-state index in [1.807, 2.05) is 0 Å². The summed E-state index contributed by atoms with van der Waals surface area (Å²) in [5.41, 5.74) is 0.0691. The van der Waals surface area contributed by atoms with Gasteiger partial charge in [0.15, 0.2) is 11.6 Å². The number of anilines is 2. The lowest BCUT2D eigenvalue weighted by Crippen LogP contribution is -2.46. The highest BCUT2D eigenvalue weighted by molar-refractivity contribution is 6.47. The lowest BCUT2D eigenvalue weighted by Gasteiger charge is -2.28. The summed E-state index contributed by atoms with van der Waals surface area (Å²) in [5, 5.41) is 8.24. The van der Waals surface area contributed by atoms with Crippen LogP contribution in [0.4, 0.5) is 38.0 Å². The number of amides is 2. The molecule has 0 saturated carbocycles. The third-order valence-electron chi connectivity index (χ3n) is 5.41. The first-order chi connectivity index (χ1) is 17.6. The Hall–Kier alpha value is -3.66. The highest BCUT2D eigenvalue weighted by atomic mass is 35.5. The van der Waals surface area contributed by atoms with Gasteiger partial charge in [0.25, 0.3) is 11.8 Å². The molecule has 18 heteroatoms. The number of carbonyl (C=O) groups excluding carboxylic acids is 2. The number of hydrogen-bond acceptors (Lipinski definition) is 9. The maximum atomic E-state index is 13.2. The van der Waals surface area contributed by atoms with Gasteiger partial charge in [-0.2, -0.15) is 36.5 Å². The number of fused-ring (bicyclic) bond motifs is 1. The monoisotopic (exact) mass is 583 g/mol. The van der Waals surface area contributed by atoms with E-state index in [1.54, 1.807) is 0 Å². The van der Waals surface area contributed by atoms with Crippen LogP contribution in [-0.2, 0) is 26.8 Å². The molecule has 2 aliphatic rings. The second-order valence-electron chi connectivity index (χ2n) is 7.88. The number of nitrogens with zero attached hydrogens (tertiary/aromatic N) is 6. The minimum Gasteiger partial charge on any atom is -0.381 e. The Morgan fingerprint density at radius 1 is 1.03 bits per heavy atom. The van der Waals surface area contributed by atoms with Gasteiger partial charge in [-0.15, -0.1) is 0 Å². The number of alkyl halides is 6. The third kappa shape index (κ3) is 4.92. The predicted octanol–water partition coefficient (Wildman–Crippen LogP) is 4.40. The Kier molecular flexibility index (Phi) is 6.90. The second-order valence-corrected chi connectivity index (χ2v) is 8.69. The first-order valence-corrected chi connectivity index (χ1v) is 11.0. The Bertz CT molecular complexity index is 1380. The molecule has 2 amide bonds. The first kappa shape index (κ1) is 27.4. The van der Waals surface area contributed by atoms with Crippen LogP contribution in [0.15, 0.2) is 34.8 Å². The van der Waals surface area contributed by atoms with E-state index in [0.717, 1.165) is 5.01 Å². The highest BCUT2D eigenvalue weighted by Crippen LogP contribution is 2.37. The van der Waals surface area contributed by atoms with Crippen LogP contribution in [0.3, 0.4) is 0 Å². The maximum Gasteiger partial charge on any atom is 0.417 e. The fraction of sp³-hybridized carbons (Fsp3) is 0.300. The molecule has 1 N–H and O–H groups in total. The van der Waals surface area contributed by atoms with Crippen molar-refractivity contribution in [1.29, 1.82) is 0 Å². The molecule has 0 unspecified atom stereocenters. The number of nitrogens with one attached hydrogen (secondary N) is 1. The molecule has 4 heterocycles. The zero-order chi connectivity index (χ0) is 28.2. The normalized spacial score (nSPS) is 19.9. The Labute approximate surface area is 218 Å². The summed E-state index contributed by atoms with van der Waals surface area (Å²) in [4.78, 5) is 38.4. The SMILES string of the molecule is C/C(=N\Nc1ncc(C(F)(F)F)cc1Cl)C1=NO[C@@H]2C(=O)N(N(C)c3ncc(C(F)(F)F)cc3Cl)C(=O)[C@H]12. The van der Waals surface area contributed by atoms with Gasteiger partial charge in [0.1, 0.15) is 11.6 Å². The minimum absolute atomic E-state index is 0.00612. The average molecular weight is 584 g/mol. The van der Waals surface area contributed by atoms with E-state index >= 15 is 0 Å². The van der Waals surface area contributed by atoms with Crippen LogP contribution in [0.1, 0.15) is 18.1 Å². The Balaban J connectivity index is 1.53. The Morgan fingerprint density at radius 3 is 2.16 bits per heavy atom. The van der Waals surface area contributed by atoms with Crippen LogP contribution in [0.2, 0.25) is 10.0 Å². The quantitative estimate of drug-likeness (QED) is 0.240. The van der Waals surface area contributed by atoms with Crippen LogP contribution >= 0.6 is 23.2 Å². The summed E-state index contributed by atoms with van der Waals surface area (Å²) >= 11 is 11.8. The van der Waals surface area contributed by atoms with Gasteiger partial charge in [-0.3, -0.25) is 20.0 Å². The molecule has 0 aromatic carbocycles. The largest absolute Gasteiger partial charge is 0.417 e. The van der Waals surface area contributed by atoms with E-state index in [4.69, 9.17) is 28.0 Å². The molecule has 2 aromatic rings. The number of hydrogen-bond donors (Lipinski definition) is 1. The molecule has 10 nitrogen and oxygen atoms in total. The van der Waals surface area contributed by atoms with Gasteiger partial charge in [0.2, 0.25) is 6.10 Å². The lowest BCUT2D eigenvalue weighted by atomic mass is 9.97. The van der Waals surface area contributed by atoms with Gasteiger partial charge in [-0.05, 0) is 19.1 Å². The molecule has 0 radical (unpaired) electrons. The zero-order valence-corrected chi connectivity index (χ0v) is 20.4. The standard InChI is InChI=1S/C20H13Cl2F6N7O3/c1-7(31-32-15-10(21)3-8(5-29-15)19(23,24)25)13-12-14(38-33-13)18(37)35(17(12)36)34(2)16-11(22)4-9(6-30-16)20(26,27)28/h3-6,12,14H,1-2H3,(H,29,32)/b31-7+/t12-,14+/m1/s1. The fourth-order valence-corrected chi connectivity index (χ4v) is 4.04. The van der Waals surface area contributed by atoms with Crippen LogP contribution in [-0.4, -0.2) is 51.4 Å². The number of oxime groups is 1. The lowest BCUT2D eigenvalue weighted by molar-refractivity contribution is -0.143. The summed E-state index contributed by atoms with van der Waals surface area (Å²) in [6.07, 6.45) is -9.75. The van der Waals surface area contributed by atoms with E-state index in [-0.39, 0.29) is 28.1 Å². The zero-order valence-electron chi connectivity index (χ0n) is 18.9. The predicted molar refractivity (Wildman–Crippen MR) is 121 cm³/mol. The van der Waals surface area contributed by atoms with Crippen LogP contribution in [0.5, 0.6) is 0 Å². The summed E-state index contributed by atoms with van der Waals surface area (Å²) in [7, 11) is 1.19. The smallest absolute Gasteiger partial charge is 0.381 e. The average Bonchev–Trinajstić information content (AvgIpc) is 3.36. The van der Waals surface area contributed by atoms with Gasteiger partial charge in [-0.25, -0.2) is 9.97 Å². The number of hydrazine groups is 1. The number of imide groups is 1. The summed E-state index contributed by atoms with van der Waals surface area (Å²) in [6, 6.07) is 1.24. The maximum absolute atomic E-state index is 13.2. The third-order valence-corrected chi connectivity index (χ3v) is 5.98. The molecule has 0 aliphatic carbocycles. The molecule has 2 aromatic heterocycles. The van der Waals surface area contributed by atoms with Crippen molar-refractivity contribution in [2.24, 2.45) is 16.2 Å². The van der Waals surface area contributed by atoms with E-state index in [9.17, 15) is 35.9 Å². The van der Waals surface area contributed by atoms with Gasteiger partial charge < -0.3 is 4.84 Å². The molecular weight excluding hydrogens is 571 g/mol. The van der Waals surface area contributed by atoms with Crippen LogP contribution < -0.4 is 10.4 Å².